The molecular weight excluding hydrogens is 364 g/mol. The van der Waals surface area contributed by atoms with Crippen LogP contribution in [0.3, 0.4) is 0 Å². The van der Waals surface area contributed by atoms with Gasteiger partial charge in [0.25, 0.3) is 0 Å². The van der Waals surface area contributed by atoms with E-state index in [9.17, 15) is 8.42 Å². The van der Waals surface area contributed by atoms with Gasteiger partial charge >= 0.3 is 0 Å². The Balaban J connectivity index is 1.79. The molecule has 8 nitrogen and oxygen atoms in total. The fourth-order valence-corrected chi connectivity index (χ4v) is 3.39. The third kappa shape index (κ3) is 3.44. The van der Waals surface area contributed by atoms with E-state index in [-0.39, 0.29) is 0 Å². The van der Waals surface area contributed by atoms with Crippen LogP contribution < -0.4 is 10.5 Å². The molecule has 0 aliphatic carbocycles. The molecule has 0 bridgehead atoms. The molecule has 0 aliphatic heterocycles. The van der Waals surface area contributed by atoms with Crippen molar-refractivity contribution >= 4 is 27.2 Å². The van der Waals surface area contributed by atoms with Gasteiger partial charge in [0.2, 0.25) is 10.0 Å². The number of pyridine rings is 1. The topological polar surface area (TPSA) is 115 Å². The maximum Gasteiger partial charge on any atom is 0.229 e. The molecule has 3 aromatic heterocycles. The van der Waals surface area contributed by atoms with Gasteiger partial charge < -0.3 is 5.73 Å². The lowest BCUT2D eigenvalue weighted by molar-refractivity contribution is 0.607. The molecule has 0 spiro atoms. The zero-order chi connectivity index (χ0) is 19.0. The number of nitrogens with two attached hydrogens (primary N) is 1. The van der Waals surface area contributed by atoms with E-state index in [0.29, 0.717) is 28.4 Å². The molecule has 4 rings (SSSR count). The fourth-order valence-electron chi connectivity index (χ4n) is 2.83. The number of nitrogens with zero attached hydrogens (tertiary/aromatic N) is 4. The summed E-state index contributed by atoms with van der Waals surface area (Å²) in [5.74, 6) is 0.339. The Labute approximate surface area is 155 Å². The molecule has 9 heteroatoms. The Bertz CT molecular complexity index is 1240. The predicted molar refractivity (Wildman–Crippen MR) is 105 cm³/mol. The Morgan fingerprint density at radius 1 is 1.07 bits per heavy atom. The maximum atomic E-state index is 11.4. The highest BCUT2D eigenvalue weighted by molar-refractivity contribution is 7.92. The summed E-state index contributed by atoms with van der Waals surface area (Å²) in [6.07, 6.45) is 6.29. The van der Waals surface area contributed by atoms with Gasteiger partial charge in [-0.05, 0) is 29.8 Å². The average Bonchev–Trinajstić information content (AvgIpc) is 2.96. The van der Waals surface area contributed by atoms with Gasteiger partial charge in [-0.3, -0.25) is 9.71 Å². The summed E-state index contributed by atoms with van der Waals surface area (Å²) in [6.45, 7) is 0. The van der Waals surface area contributed by atoms with Crippen LogP contribution >= 0.6 is 0 Å². The van der Waals surface area contributed by atoms with Crippen LogP contribution in [0, 0.1) is 0 Å². The number of anilines is 2. The molecule has 0 amide bonds. The van der Waals surface area contributed by atoms with Crippen molar-refractivity contribution in [1.29, 1.82) is 0 Å². The first-order valence-electron chi connectivity index (χ1n) is 8.04. The van der Waals surface area contributed by atoms with E-state index >= 15 is 0 Å². The maximum absolute atomic E-state index is 11.4. The molecular formula is C18H16N6O2S. The number of hydrogen-bond donors (Lipinski definition) is 2. The lowest BCUT2D eigenvalue weighted by atomic mass is 10.1. The van der Waals surface area contributed by atoms with E-state index in [4.69, 9.17) is 5.73 Å². The third-order valence-corrected chi connectivity index (χ3v) is 4.53. The number of rotatable bonds is 4. The van der Waals surface area contributed by atoms with Crippen molar-refractivity contribution in [3.63, 3.8) is 0 Å². The van der Waals surface area contributed by atoms with Gasteiger partial charge in [0.05, 0.1) is 17.5 Å². The first-order valence-corrected chi connectivity index (χ1v) is 9.93. The highest BCUT2D eigenvalue weighted by Crippen LogP contribution is 2.29. The molecule has 0 unspecified atom stereocenters. The van der Waals surface area contributed by atoms with E-state index in [1.54, 1.807) is 41.3 Å². The molecule has 0 saturated heterocycles. The largest absolute Gasteiger partial charge is 0.382 e. The van der Waals surface area contributed by atoms with Crippen LogP contribution in [0.15, 0.2) is 61.1 Å². The SMILES string of the molecule is CS(=O)(=O)Nc1cccc(-c2cnc3c(-c4ccccn4)c(N)nn3c2)c1. The number of sulfonamides is 1. The molecule has 4 aromatic rings. The van der Waals surface area contributed by atoms with Gasteiger partial charge in [-0.15, -0.1) is 5.10 Å². The van der Waals surface area contributed by atoms with Crippen molar-refractivity contribution in [2.24, 2.45) is 0 Å². The minimum atomic E-state index is -3.35. The zero-order valence-electron chi connectivity index (χ0n) is 14.4. The standard InChI is InChI=1S/C18H16N6O2S/c1-27(25,26)23-14-6-4-5-12(9-14)13-10-21-18-16(15-7-2-3-8-20-15)17(19)22-24(18)11-13/h2-11,23H,1H3,(H2,19,22). The molecule has 136 valence electrons. The first kappa shape index (κ1) is 17.0. The van der Waals surface area contributed by atoms with Crippen LogP contribution in [0.25, 0.3) is 28.0 Å². The zero-order valence-corrected chi connectivity index (χ0v) is 15.2. The third-order valence-electron chi connectivity index (χ3n) is 3.92. The molecule has 0 aliphatic rings. The fraction of sp³-hybridized carbons (Fsp3) is 0.0556. The summed E-state index contributed by atoms with van der Waals surface area (Å²) in [5, 5.41) is 4.34. The molecule has 0 atom stereocenters. The van der Waals surface area contributed by atoms with E-state index < -0.39 is 10.0 Å². The van der Waals surface area contributed by atoms with Crippen molar-refractivity contribution in [3.8, 4) is 22.4 Å². The monoisotopic (exact) mass is 380 g/mol. The minimum absolute atomic E-state index is 0.339. The normalized spacial score (nSPS) is 11.6. The molecule has 0 fully saturated rings. The Morgan fingerprint density at radius 2 is 1.93 bits per heavy atom. The molecule has 0 radical (unpaired) electrons. The van der Waals surface area contributed by atoms with Crippen LogP contribution in [0.5, 0.6) is 0 Å². The summed E-state index contributed by atoms with van der Waals surface area (Å²) in [6, 6.07) is 12.6. The number of fused-ring (bicyclic) bond motifs is 1. The van der Waals surface area contributed by atoms with E-state index in [2.05, 4.69) is 19.8 Å². The highest BCUT2D eigenvalue weighted by atomic mass is 32.2. The van der Waals surface area contributed by atoms with E-state index in [1.165, 1.54) is 0 Å². The Kier molecular flexibility index (Phi) is 4.00. The predicted octanol–water partition coefficient (Wildman–Crippen LogP) is 2.41. The summed E-state index contributed by atoms with van der Waals surface area (Å²) in [5.41, 5.74) is 10.1. The minimum Gasteiger partial charge on any atom is -0.382 e. The number of nitrogens with one attached hydrogen (secondary N) is 1. The van der Waals surface area contributed by atoms with Gasteiger partial charge in [0.1, 0.15) is 0 Å². The second-order valence-corrected chi connectivity index (χ2v) is 7.79. The van der Waals surface area contributed by atoms with Gasteiger partial charge in [0.15, 0.2) is 11.5 Å². The second kappa shape index (κ2) is 6.36. The quantitative estimate of drug-likeness (QED) is 0.562. The number of benzene rings is 1. The van der Waals surface area contributed by atoms with Crippen molar-refractivity contribution in [3.05, 3.63) is 61.1 Å². The number of hydrogen-bond acceptors (Lipinski definition) is 6. The number of nitrogen functional groups attached to an aromatic ring is 1. The second-order valence-electron chi connectivity index (χ2n) is 6.04. The van der Waals surface area contributed by atoms with Crippen LogP contribution in [0.2, 0.25) is 0 Å². The average molecular weight is 380 g/mol. The molecule has 0 saturated carbocycles. The van der Waals surface area contributed by atoms with Gasteiger partial charge in [-0.2, -0.15) is 0 Å². The summed E-state index contributed by atoms with van der Waals surface area (Å²) in [4.78, 5) is 8.82. The van der Waals surface area contributed by atoms with Crippen molar-refractivity contribution in [1.82, 2.24) is 19.6 Å². The first-order chi connectivity index (χ1) is 12.9. The molecule has 1 aromatic carbocycles. The van der Waals surface area contributed by atoms with Crippen LogP contribution in [-0.2, 0) is 10.0 Å². The van der Waals surface area contributed by atoms with Gasteiger partial charge in [0, 0.05) is 29.8 Å². The molecule has 27 heavy (non-hydrogen) atoms. The number of aromatic nitrogens is 4. The smallest absolute Gasteiger partial charge is 0.229 e. The van der Waals surface area contributed by atoms with Crippen molar-refractivity contribution in [2.45, 2.75) is 0 Å². The Hall–Kier alpha value is -3.46. The lowest BCUT2D eigenvalue weighted by Crippen LogP contribution is -2.09. The van der Waals surface area contributed by atoms with Crippen LogP contribution in [0.4, 0.5) is 11.5 Å². The van der Waals surface area contributed by atoms with Crippen LogP contribution in [-0.4, -0.2) is 34.3 Å². The highest BCUT2D eigenvalue weighted by Gasteiger charge is 2.15. The van der Waals surface area contributed by atoms with Gasteiger partial charge in [-0.25, -0.2) is 17.9 Å². The van der Waals surface area contributed by atoms with Gasteiger partial charge in [-0.1, -0.05) is 18.2 Å². The van der Waals surface area contributed by atoms with Crippen molar-refractivity contribution < 1.29 is 8.42 Å². The van der Waals surface area contributed by atoms with E-state index in [1.807, 2.05) is 24.3 Å². The van der Waals surface area contributed by atoms with Crippen molar-refractivity contribution in [2.75, 3.05) is 16.7 Å². The summed E-state index contributed by atoms with van der Waals surface area (Å²) in [7, 11) is -3.35. The van der Waals surface area contributed by atoms with E-state index in [0.717, 1.165) is 17.4 Å². The molecule has 3 N–H and O–H groups in total. The lowest BCUT2D eigenvalue weighted by Gasteiger charge is -2.07. The summed E-state index contributed by atoms with van der Waals surface area (Å²) < 4.78 is 26.9. The van der Waals surface area contributed by atoms with Crippen LogP contribution in [0.1, 0.15) is 0 Å². The molecule has 3 heterocycles. The Morgan fingerprint density at radius 3 is 2.67 bits per heavy atom. The summed E-state index contributed by atoms with van der Waals surface area (Å²) >= 11 is 0.